The van der Waals surface area contributed by atoms with Gasteiger partial charge in [-0.15, -0.1) is 0 Å². The molecule has 1 atom stereocenters. The second-order valence-corrected chi connectivity index (χ2v) is 4.87. The number of hydrogen-bond donors (Lipinski definition) is 1. The van der Waals surface area contributed by atoms with Crippen LogP contribution in [0.1, 0.15) is 50.4 Å². The fraction of sp³-hybridized carbons (Fsp3) is 0.769. The summed E-state index contributed by atoms with van der Waals surface area (Å²) in [6, 6.07) is -0.170. The van der Waals surface area contributed by atoms with Crippen LogP contribution >= 0.6 is 0 Å². The van der Waals surface area contributed by atoms with Crippen molar-refractivity contribution >= 4 is 6.03 Å². The molecule has 1 fully saturated rings. The van der Waals surface area contributed by atoms with Crippen LogP contribution < -0.4 is 5.32 Å². The molecule has 1 unspecified atom stereocenters. The highest BCUT2D eigenvalue weighted by molar-refractivity contribution is 5.74. The Bertz CT molecular complexity index is 435. The topological polar surface area (TPSA) is 80.5 Å². The van der Waals surface area contributed by atoms with Gasteiger partial charge in [-0.25, -0.2) is 4.79 Å². The summed E-state index contributed by atoms with van der Waals surface area (Å²) in [5.41, 5.74) is 0. The molecule has 0 aliphatic carbocycles. The number of aromatic nitrogens is 2. The zero-order valence-corrected chi connectivity index (χ0v) is 12.1. The highest BCUT2D eigenvalue weighted by atomic mass is 16.5. The molecule has 20 heavy (non-hydrogen) atoms. The SMILES string of the molecule is CCNC(=O)N1CCCCCC1c1noc(COC)n1. The van der Waals surface area contributed by atoms with Gasteiger partial charge in [0.05, 0.1) is 6.04 Å². The Labute approximate surface area is 118 Å². The fourth-order valence-electron chi connectivity index (χ4n) is 2.46. The van der Waals surface area contributed by atoms with Crippen molar-refractivity contribution in [2.24, 2.45) is 0 Å². The van der Waals surface area contributed by atoms with E-state index < -0.39 is 0 Å². The number of nitrogens with zero attached hydrogens (tertiary/aromatic N) is 3. The Morgan fingerprint density at radius 3 is 3.10 bits per heavy atom. The third-order valence-corrected chi connectivity index (χ3v) is 3.39. The third-order valence-electron chi connectivity index (χ3n) is 3.39. The molecule has 0 radical (unpaired) electrons. The van der Waals surface area contributed by atoms with Crippen LogP contribution in [0.4, 0.5) is 4.79 Å². The van der Waals surface area contributed by atoms with Gasteiger partial charge in [-0.2, -0.15) is 4.98 Å². The van der Waals surface area contributed by atoms with Crippen LogP contribution in [0, 0.1) is 0 Å². The lowest BCUT2D eigenvalue weighted by molar-refractivity contribution is 0.151. The largest absolute Gasteiger partial charge is 0.375 e. The molecule has 1 aliphatic rings. The molecule has 7 heteroatoms. The van der Waals surface area contributed by atoms with Gasteiger partial charge in [0.1, 0.15) is 6.61 Å². The number of amides is 2. The van der Waals surface area contributed by atoms with Gasteiger partial charge in [0.25, 0.3) is 5.89 Å². The molecule has 1 aromatic heterocycles. The highest BCUT2D eigenvalue weighted by Crippen LogP contribution is 2.28. The molecule has 0 aromatic carbocycles. The van der Waals surface area contributed by atoms with E-state index in [0.29, 0.717) is 24.9 Å². The Morgan fingerprint density at radius 2 is 2.35 bits per heavy atom. The molecule has 2 amide bonds. The lowest BCUT2D eigenvalue weighted by Crippen LogP contribution is -2.42. The van der Waals surface area contributed by atoms with Crippen LogP contribution in [0.15, 0.2) is 4.52 Å². The van der Waals surface area contributed by atoms with Gasteiger partial charge in [-0.3, -0.25) is 0 Å². The van der Waals surface area contributed by atoms with E-state index in [1.807, 2.05) is 11.8 Å². The molecule has 1 aromatic rings. The Kier molecular flexibility index (Phi) is 5.34. The lowest BCUT2D eigenvalue weighted by Gasteiger charge is -2.27. The molecular formula is C13H22N4O3. The van der Waals surface area contributed by atoms with Crippen molar-refractivity contribution in [1.82, 2.24) is 20.4 Å². The van der Waals surface area contributed by atoms with Crippen molar-refractivity contribution < 1.29 is 14.1 Å². The van der Waals surface area contributed by atoms with Gasteiger partial charge < -0.3 is 19.5 Å². The van der Waals surface area contributed by atoms with Crippen LogP contribution in [0.25, 0.3) is 0 Å². The fourth-order valence-corrected chi connectivity index (χ4v) is 2.46. The number of urea groups is 1. The maximum atomic E-state index is 12.2. The first-order chi connectivity index (χ1) is 9.76. The van der Waals surface area contributed by atoms with Crippen LogP contribution in [0.5, 0.6) is 0 Å². The molecule has 7 nitrogen and oxygen atoms in total. The zero-order valence-electron chi connectivity index (χ0n) is 12.1. The Hall–Kier alpha value is -1.63. The average molecular weight is 282 g/mol. The number of likely N-dealkylation sites (tertiary alicyclic amines) is 1. The van der Waals surface area contributed by atoms with Gasteiger partial charge >= 0.3 is 6.03 Å². The van der Waals surface area contributed by atoms with Gasteiger partial charge in [-0.1, -0.05) is 18.0 Å². The van der Waals surface area contributed by atoms with Gasteiger partial charge in [-0.05, 0) is 19.8 Å². The van der Waals surface area contributed by atoms with E-state index in [9.17, 15) is 4.79 Å². The lowest BCUT2D eigenvalue weighted by atomic mass is 10.1. The summed E-state index contributed by atoms with van der Waals surface area (Å²) in [4.78, 5) is 18.3. The number of ether oxygens (including phenoxy) is 1. The molecule has 1 N–H and O–H groups in total. The number of methoxy groups -OCH3 is 1. The molecular weight excluding hydrogens is 260 g/mol. The predicted octanol–water partition coefficient (Wildman–Crippen LogP) is 1.86. The van der Waals surface area contributed by atoms with E-state index in [4.69, 9.17) is 9.26 Å². The van der Waals surface area contributed by atoms with Crippen LogP contribution in [-0.2, 0) is 11.3 Å². The maximum Gasteiger partial charge on any atom is 0.318 e. The minimum absolute atomic E-state index is 0.0579. The van der Waals surface area contributed by atoms with Crippen molar-refractivity contribution in [3.63, 3.8) is 0 Å². The maximum absolute atomic E-state index is 12.2. The Morgan fingerprint density at radius 1 is 1.50 bits per heavy atom. The second kappa shape index (κ2) is 7.23. The number of rotatable bonds is 4. The van der Waals surface area contributed by atoms with Crippen molar-refractivity contribution in [3.05, 3.63) is 11.7 Å². The van der Waals surface area contributed by atoms with E-state index in [2.05, 4.69) is 15.5 Å². The van der Waals surface area contributed by atoms with Crippen LogP contribution in [0.3, 0.4) is 0 Å². The minimum Gasteiger partial charge on any atom is -0.375 e. The molecule has 1 aliphatic heterocycles. The van der Waals surface area contributed by atoms with Gasteiger partial charge in [0.2, 0.25) is 0 Å². The molecule has 112 valence electrons. The molecule has 0 saturated carbocycles. The predicted molar refractivity (Wildman–Crippen MR) is 72.0 cm³/mol. The number of carbonyl (C=O) groups is 1. The van der Waals surface area contributed by atoms with Crippen molar-refractivity contribution in [3.8, 4) is 0 Å². The highest BCUT2D eigenvalue weighted by Gasteiger charge is 2.30. The smallest absolute Gasteiger partial charge is 0.318 e. The van der Waals surface area contributed by atoms with Crippen LogP contribution in [0.2, 0.25) is 0 Å². The number of hydrogen-bond acceptors (Lipinski definition) is 5. The molecule has 2 rings (SSSR count). The summed E-state index contributed by atoms with van der Waals surface area (Å²) in [7, 11) is 1.58. The summed E-state index contributed by atoms with van der Waals surface area (Å²) >= 11 is 0. The monoisotopic (exact) mass is 282 g/mol. The van der Waals surface area contributed by atoms with E-state index in [-0.39, 0.29) is 12.1 Å². The molecule has 0 bridgehead atoms. The second-order valence-electron chi connectivity index (χ2n) is 4.87. The van der Waals surface area contributed by atoms with Gasteiger partial charge in [0.15, 0.2) is 5.82 Å². The normalized spacial score (nSPS) is 19.7. The summed E-state index contributed by atoms with van der Waals surface area (Å²) in [6.07, 6.45) is 4.06. The first kappa shape index (κ1) is 14.8. The third kappa shape index (κ3) is 3.47. The van der Waals surface area contributed by atoms with E-state index in [1.165, 1.54) is 0 Å². The zero-order chi connectivity index (χ0) is 14.4. The van der Waals surface area contributed by atoms with Crippen molar-refractivity contribution in [2.75, 3.05) is 20.2 Å². The van der Waals surface area contributed by atoms with E-state index in [1.54, 1.807) is 7.11 Å². The number of nitrogens with one attached hydrogen (secondary N) is 1. The van der Waals surface area contributed by atoms with E-state index in [0.717, 1.165) is 32.2 Å². The molecule has 2 heterocycles. The first-order valence-electron chi connectivity index (χ1n) is 7.12. The molecule has 0 spiro atoms. The first-order valence-corrected chi connectivity index (χ1v) is 7.12. The summed E-state index contributed by atoms with van der Waals surface area (Å²) in [6.45, 7) is 3.55. The standard InChI is InChI=1S/C13H22N4O3/c1-3-14-13(18)17-8-6-4-5-7-10(17)12-15-11(9-19-2)20-16-12/h10H,3-9H2,1-2H3,(H,14,18). The average Bonchev–Trinajstić information content (AvgIpc) is 2.75. The van der Waals surface area contributed by atoms with Crippen LogP contribution in [-0.4, -0.2) is 41.3 Å². The minimum atomic E-state index is -0.113. The summed E-state index contributed by atoms with van der Waals surface area (Å²) in [5.74, 6) is 1.02. The quantitative estimate of drug-likeness (QED) is 0.911. The van der Waals surface area contributed by atoms with Crippen molar-refractivity contribution in [1.29, 1.82) is 0 Å². The molecule has 1 saturated heterocycles. The summed E-state index contributed by atoms with van der Waals surface area (Å²) in [5, 5.41) is 6.86. The Balaban J connectivity index is 2.16. The van der Waals surface area contributed by atoms with Gasteiger partial charge in [0, 0.05) is 20.2 Å². The summed E-state index contributed by atoms with van der Waals surface area (Å²) < 4.78 is 10.1. The van der Waals surface area contributed by atoms with Crippen molar-refractivity contribution in [2.45, 2.75) is 45.3 Å². The number of carbonyl (C=O) groups excluding carboxylic acids is 1. The van der Waals surface area contributed by atoms with E-state index >= 15 is 0 Å².